The van der Waals surface area contributed by atoms with Crippen molar-refractivity contribution in [2.45, 2.75) is 26.2 Å². The molecule has 0 atom stereocenters. The van der Waals surface area contributed by atoms with Crippen LogP contribution in [0, 0.1) is 0 Å². The van der Waals surface area contributed by atoms with Crippen molar-refractivity contribution in [3.63, 3.8) is 0 Å². The fraction of sp³-hybridized carbons (Fsp3) is 0.333. The number of aromatic nitrogens is 3. The molecule has 4 heterocycles. The lowest BCUT2D eigenvalue weighted by atomic mass is 10.1. The van der Waals surface area contributed by atoms with E-state index in [0.29, 0.717) is 31.9 Å². The van der Waals surface area contributed by atoms with Crippen molar-refractivity contribution in [3.05, 3.63) is 58.5 Å². The maximum Gasteiger partial charge on any atom is 0.264 e. The Morgan fingerprint density at radius 3 is 2.59 bits per heavy atom. The average molecular weight is 448 g/mol. The number of amides is 1. The normalized spacial score (nSPS) is 14.3. The number of carbonyl (C=O) groups is 1. The summed E-state index contributed by atoms with van der Waals surface area (Å²) in [6.45, 7) is 4.87. The molecule has 3 aromatic heterocycles. The third kappa shape index (κ3) is 3.98. The second-order valence-corrected chi connectivity index (χ2v) is 8.85. The molecule has 7 nitrogen and oxygen atoms in total. The number of fused-ring (bicyclic) bond motifs is 1. The highest BCUT2D eigenvalue weighted by atomic mass is 32.1. The minimum absolute atomic E-state index is 0.103. The summed E-state index contributed by atoms with van der Waals surface area (Å²) in [6.07, 6.45) is 2.90. The summed E-state index contributed by atoms with van der Waals surface area (Å²) in [5.41, 5.74) is 2.26. The maximum absolute atomic E-state index is 12.8. The summed E-state index contributed by atoms with van der Waals surface area (Å²) < 4.78 is 5.67. The van der Waals surface area contributed by atoms with Crippen LogP contribution in [0.3, 0.4) is 0 Å². The molecule has 1 amide bonds. The Kier molecular flexibility index (Phi) is 5.85. The van der Waals surface area contributed by atoms with Crippen molar-refractivity contribution in [1.29, 1.82) is 0 Å². The molecule has 5 rings (SSSR count). The van der Waals surface area contributed by atoms with Gasteiger partial charge in [0.2, 0.25) is 0 Å². The van der Waals surface area contributed by atoms with Crippen molar-refractivity contribution in [3.8, 4) is 11.3 Å². The smallest absolute Gasteiger partial charge is 0.264 e. The number of rotatable bonds is 6. The van der Waals surface area contributed by atoms with E-state index in [1.165, 1.54) is 11.3 Å². The predicted octanol–water partition coefficient (Wildman–Crippen LogP) is 4.65. The third-order valence-corrected chi connectivity index (χ3v) is 6.62. The van der Waals surface area contributed by atoms with Crippen LogP contribution in [-0.4, -0.2) is 52.1 Å². The first-order valence-corrected chi connectivity index (χ1v) is 11.9. The Balaban J connectivity index is 1.48. The summed E-state index contributed by atoms with van der Waals surface area (Å²) in [5, 5.41) is 7.13. The van der Waals surface area contributed by atoms with Crippen LogP contribution in [0.2, 0.25) is 0 Å². The van der Waals surface area contributed by atoms with Crippen molar-refractivity contribution in [2.24, 2.45) is 0 Å². The van der Waals surface area contributed by atoms with E-state index in [-0.39, 0.29) is 5.91 Å². The van der Waals surface area contributed by atoms with Crippen molar-refractivity contribution in [2.75, 3.05) is 31.1 Å². The van der Waals surface area contributed by atoms with Crippen LogP contribution >= 0.6 is 11.3 Å². The van der Waals surface area contributed by atoms with Gasteiger partial charge in [0, 0.05) is 38.2 Å². The van der Waals surface area contributed by atoms with Crippen LogP contribution in [0.25, 0.3) is 22.4 Å². The van der Waals surface area contributed by atoms with Gasteiger partial charge in [0.05, 0.1) is 4.88 Å². The first-order chi connectivity index (χ1) is 15.7. The molecule has 0 saturated carbocycles. The molecule has 4 aromatic rings. The molecule has 164 valence electrons. The standard InChI is InChI=1S/C24H25N5O2S/c1-2-3-11-19-25-22(20-21(27-31-23(20)26-19)17-8-5-4-6-9-17)28-12-14-29(15-13-28)24(30)18-10-7-16-32-18/h4-10,16H,2-3,11-15H2,1H3. The van der Waals surface area contributed by atoms with Crippen LogP contribution < -0.4 is 4.90 Å². The van der Waals surface area contributed by atoms with Gasteiger partial charge in [-0.3, -0.25) is 4.79 Å². The molecule has 1 aromatic carbocycles. The van der Waals surface area contributed by atoms with E-state index in [4.69, 9.17) is 9.51 Å². The highest BCUT2D eigenvalue weighted by Crippen LogP contribution is 2.34. The molecule has 0 bridgehead atoms. The molecular formula is C24H25N5O2S. The van der Waals surface area contributed by atoms with Gasteiger partial charge in [-0.2, -0.15) is 4.98 Å². The fourth-order valence-corrected chi connectivity index (χ4v) is 4.72. The second kappa shape index (κ2) is 9.08. The Labute approximate surface area is 190 Å². The van der Waals surface area contributed by atoms with E-state index in [0.717, 1.165) is 52.4 Å². The van der Waals surface area contributed by atoms with E-state index < -0.39 is 0 Å². The highest BCUT2D eigenvalue weighted by molar-refractivity contribution is 7.12. The topological polar surface area (TPSA) is 75.4 Å². The summed E-state index contributed by atoms with van der Waals surface area (Å²) in [6, 6.07) is 13.8. The maximum atomic E-state index is 12.8. The third-order valence-electron chi connectivity index (χ3n) is 5.76. The molecule has 0 radical (unpaired) electrons. The number of thiophene rings is 1. The first kappa shape index (κ1) is 20.6. The number of unbranched alkanes of at least 4 members (excludes halogenated alkanes) is 1. The lowest BCUT2D eigenvalue weighted by Crippen LogP contribution is -2.49. The minimum atomic E-state index is 0.103. The van der Waals surface area contributed by atoms with E-state index in [9.17, 15) is 4.79 Å². The number of carbonyl (C=O) groups excluding carboxylic acids is 1. The fourth-order valence-electron chi connectivity index (χ4n) is 4.03. The molecule has 0 N–H and O–H groups in total. The minimum Gasteiger partial charge on any atom is -0.352 e. The molecule has 0 unspecified atom stereocenters. The number of piperazine rings is 1. The molecule has 1 fully saturated rings. The van der Waals surface area contributed by atoms with Crippen LogP contribution in [-0.2, 0) is 6.42 Å². The molecule has 0 spiro atoms. The molecule has 32 heavy (non-hydrogen) atoms. The second-order valence-electron chi connectivity index (χ2n) is 7.90. The molecule has 1 saturated heterocycles. The Morgan fingerprint density at radius 1 is 1.06 bits per heavy atom. The van der Waals surface area contributed by atoms with Gasteiger partial charge in [-0.25, -0.2) is 4.98 Å². The summed E-state index contributed by atoms with van der Waals surface area (Å²) in [4.78, 5) is 27.3. The van der Waals surface area contributed by atoms with E-state index in [1.807, 2.05) is 52.7 Å². The quantitative estimate of drug-likeness (QED) is 0.428. The van der Waals surface area contributed by atoms with Crippen molar-refractivity contribution < 1.29 is 9.32 Å². The van der Waals surface area contributed by atoms with E-state index in [2.05, 4.69) is 22.0 Å². The zero-order valence-electron chi connectivity index (χ0n) is 18.0. The summed E-state index contributed by atoms with van der Waals surface area (Å²) in [7, 11) is 0. The van der Waals surface area contributed by atoms with Gasteiger partial charge < -0.3 is 14.3 Å². The zero-order valence-corrected chi connectivity index (χ0v) is 18.8. The monoisotopic (exact) mass is 447 g/mol. The molecule has 1 aliphatic heterocycles. The average Bonchev–Trinajstić information content (AvgIpc) is 3.53. The summed E-state index contributed by atoms with van der Waals surface area (Å²) in [5.74, 6) is 1.73. The lowest BCUT2D eigenvalue weighted by molar-refractivity contribution is 0.0751. The van der Waals surface area contributed by atoms with Gasteiger partial charge in [-0.05, 0) is 17.9 Å². The van der Waals surface area contributed by atoms with Gasteiger partial charge in [0.25, 0.3) is 11.6 Å². The van der Waals surface area contributed by atoms with Crippen LogP contribution in [0.4, 0.5) is 5.82 Å². The SMILES string of the molecule is CCCCc1nc(N2CCN(C(=O)c3cccs3)CC2)c2c(-c3ccccc3)noc2n1. The highest BCUT2D eigenvalue weighted by Gasteiger charge is 2.27. The largest absolute Gasteiger partial charge is 0.352 e. The Bertz CT molecular complexity index is 1200. The molecular weight excluding hydrogens is 422 g/mol. The van der Waals surface area contributed by atoms with Gasteiger partial charge in [-0.15, -0.1) is 11.3 Å². The molecule has 1 aliphatic rings. The van der Waals surface area contributed by atoms with Gasteiger partial charge >= 0.3 is 0 Å². The Morgan fingerprint density at radius 2 is 1.88 bits per heavy atom. The zero-order chi connectivity index (χ0) is 21.9. The number of hydrogen-bond acceptors (Lipinski definition) is 7. The van der Waals surface area contributed by atoms with E-state index >= 15 is 0 Å². The molecule has 8 heteroatoms. The lowest BCUT2D eigenvalue weighted by Gasteiger charge is -2.35. The van der Waals surface area contributed by atoms with Crippen LogP contribution in [0.15, 0.2) is 52.4 Å². The van der Waals surface area contributed by atoms with E-state index in [1.54, 1.807) is 0 Å². The number of hydrogen-bond donors (Lipinski definition) is 0. The molecule has 0 aliphatic carbocycles. The summed E-state index contributed by atoms with van der Waals surface area (Å²) >= 11 is 1.49. The number of benzene rings is 1. The van der Waals surface area contributed by atoms with Crippen LogP contribution in [0.5, 0.6) is 0 Å². The number of anilines is 1. The van der Waals surface area contributed by atoms with Crippen LogP contribution in [0.1, 0.15) is 35.3 Å². The van der Waals surface area contributed by atoms with Gasteiger partial charge in [-0.1, -0.05) is 54.9 Å². The number of nitrogens with zero attached hydrogens (tertiary/aromatic N) is 5. The van der Waals surface area contributed by atoms with Gasteiger partial charge in [0.15, 0.2) is 0 Å². The number of aryl methyl sites for hydroxylation is 1. The van der Waals surface area contributed by atoms with Crippen molar-refractivity contribution in [1.82, 2.24) is 20.0 Å². The predicted molar refractivity (Wildman–Crippen MR) is 126 cm³/mol. The van der Waals surface area contributed by atoms with Gasteiger partial charge in [0.1, 0.15) is 22.7 Å². The van der Waals surface area contributed by atoms with Crippen molar-refractivity contribution >= 4 is 34.2 Å². The first-order valence-electron chi connectivity index (χ1n) is 11.0. The Hall–Kier alpha value is -3.26.